The molecule has 134 valence electrons. The molecule has 1 amide bonds. The summed E-state index contributed by atoms with van der Waals surface area (Å²) in [5, 5.41) is 3.17. The predicted octanol–water partition coefficient (Wildman–Crippen LogP) is 4.75. The first kappa shape index (κ1) is 19.0. The molecule has 0 saturated carbocycles. The van der Waals surface area contributed by atoms with Crippen molar-refractivity contribution in [3.05, 3.63) is 23.8 Å². The van der Waals surface area contributed by atoms with Crippen LogP contribution < -0.4 is 10.1 Å². The number of fused-ring (bicyclic) bond motifs is 1. The zero-order valence-electron chi connectivity index (χ0n) is 15.7. The molecular weight excluding hydrogens is 318 g/mol. The van der Waals surface area contributed by atoms with Gasteiger partial charge in [-0.3, -0.25) is 4.79 Å². The molecular formula is C19H31NO3Si. The van der Waals surface area contributed by atoms with E-state index in [0.29, 0.717) is 13.0 Å². The highest BCUT2D eigenvalue weighted by Crippen LogP contribution is 2.36. The van der Waals surface area contributed by atoms with E-state index in [2.05, 4.69) is 39.2 Å². The first-order valence-corrected chi connectivity index (χ1v) is 11.8. The maximum Gasteiger partial charge on any atom is 0.224 e. The third-order valence-corrected chi connectivity index (χ3v) is 9.59. The molecule has 1 aliphatic heterocycles. The Hall–Kier alpha value is -1.33. The topological polar surface area (TPSA) is 47.6 Å². The normalized spacial score (nSPS) is 15.0. The lowest BCUT2D eigenvalue weighted by molar-refractivity contribution is -0.116. The van der Waals surface area contributed by atoms with Crippen molar-refractivity contribution in [1.82, 2.24) is 0 Å². The van der Waals surface area contributed by atoms with Crippen LogP contribution in [0, 0.1) is 0 Å². The quantitative estimate of drug-likeness (QED) is 0.571. The van der Waals surface area contributed by atoms with E-state index in [4.69, 9.17) is 9.16 Å². The second-order valence-corrected chi connectivity index (χ2v) is 12.8. The number of hydrogen-bond acceptors (Lipinski definition) is 3. The molecule has 2 rings (SSSR count). The van der Waals surface area contributed by atoms with Gasteiger partial charge < -0.3 is 14.5 Å². The minimum Gasteiger partial charge on any atom is -0.494 e. The molecule has 4 nitrogen and oxygen atoms in total. The molecule has 1 aromatic rings. The summed E-state index contributed by atoms with van der Waals surface area (Å²) in [6, 6.07) is 5.96. The van der Waals surface area contributed by atoms with Crippen molar-refractivity contribution in [3.63, 3.8) is 0 Å². The number of carbonyl (C=O) groups excluding carboxylic acids is 1. The van der Waals surface area contributed by atoms with E-state index in [-0.39, 0.29) is 10.9 Å². The molecule has 1 heterocycles. The highest BCUT2D eigenvalue weighted by atomic mass is 28.4. The fourth-order valence-corrected chi connectivity index (χ4v) is 3.47. The molecule has 1 aromatic carbocycles. The van der Waals surface area contributed by atoms with E-state index >= 15 is 0 Å². The molecule has 0 spiro atoms. The summed E-state index contributed by atoms with van der Waals surface area (Å²) >= 11 is 0. The summed E-state index contributed by atoms with van der Waals surface area (Å²) in [5.74, 6) is 0.906. The molecule has 0 radical (unpaired) electrons. The van der Waals surface area contributed by atoms with Crippen LogP contribution in [0.2, 0.25) is 18.1 Å². The minimum absolute atomic E-state index is 0.0856. The van der Waals surface area contributed by atoms with Gasteiger partial charge in [-0.15, -0.1) is 0 Å². The number of anilines is 1. The molecule has 0 unspecified atom stereocenters. The largest absolute Gasteiger partial charge is 0.494 e. The minimum atomic E-state index is -1.63. The van der Waals surface area contributed by atoms with Gasteiger partial charge in [0.25, 0.3) is 0 Å². The van der Waals surface area contributed by atoms with Crippen LogP contribution >= 0.6 is 0 Å². The standard InChI is InChI=1S/C19H31NO3Si/c1-19(2,3)24(4,5)23-13-7-6-12-22-16-10-8-15-9-11-18(21)20-17(15)14-16/h8,10,14H,6-7,9,11-13H2,1-5H3,(H,20,21). The Kier molecular flexibility index (Phi) is 6.10. The Morgan fingerprint density at radius 1 is 1.12 bits per heavy atom. The third kappa shape index (κ3) is 5.08. The van der Waals surface area contributed by atoms with E-state index in [1.807, 2.05) is 18.2 Å². The molecule has 0 atom stereocenters. The summed E-state index contributed by atoms with van der Waals surface area (Å²) < 4.78 is 12.0. The summed E-state index contributed by atoms with van der Waals surface area (Å²) in [4.78, 5) is 11.5. The van der Waals surface area contributed by atoms with Gasteiger partial charge in [0.1, 0.15) is 5.75 Å². The van der Waals surface area contributed by atoms with Crippen molar-refractivity contribution in [2.45, 2.75) is 64.6 Å². The van der Waals surface area contributed by atoms with Gasteiger partial charge in [0.15, 0.2) is 8.32 Å². The fourth-order valence-electron chi connectivity index (χ4n) is 2.38. The zero-order valence-corrected chi connectivity index (χ0v) is 16.7. The van der Waals surface area contributed by atoms with Gasteiger partial charge in [-0.1, -0.05) is 26.8 Å². The van der Waals surface area contributed by atoms with Gasteiger partial charge in [0, 0.05) is 24.8 Å². The number of hydrogen-bond donors (Lipinski definition) is 1. The van der Waals surface area contributed by atoms with Gasteiger partial charge in [-0.25, -0.2) is 0 Å². The first-order valence-electron chi connectivity index (χ1n) is 8.88. The molecule has 1 aliphatic rings. The second kappa shape index (κ2) is 7.70. The Balaban J connectivity index is 1.70. The summed E-state index contributed by atoms with van der Waals surface area (Å²) in [5.41, 5.74) is 2.08. The predicted molar refractivity (Wildman–Crippen MR) is 101 cm³/mol. The van der Waals surface area contributed by atoms with Crippen molar-refractivity contribution >= 4 is 19.9 Å². The Morgan fingerprint density at radius 2 is 1.83 bits per heavy atom. The van der Waals surface area contributed by atoms with Gasteiger partial charge in [-0.2, -0.15) is 0 Å². The summed E-state index contributed by atoms with van der Waals surface area (Å²) in [7, 11) is -1.63. The number of rotatable bonds is 7. The molecule has 1 N–H and O–H groups in total. The first-order chi connectivity index (χ1) is 11.2. The van der Waals surface area contributed by atoms with Crippen molar-refractivity contribution in [2.75, 3.05) is 18.5 Å². The van der Waals surface area contributed by atoms with E-state index in [0.717, 1.165) is 37.3 Å². The van der Waals surface area contributed by atoms with Crippen molar-refractivity contribution in [1.29, 1.82) is 0 Å². The molecule has 0 aliphatic carbocycles. The Morgan fingerprint density at radius 3 is 2.54 bits per heavy atom. The second-order valence-electron chi connectivity index (χ2n) is 8.03. The van der Waals surface area contributed by atoms with Gasteiger partial charge in [-0.05, 0) is 49.0 Å². The van der Waals surface area contributed by atoms with Crippen LogP contribution in [0.3, 0.4) is 0 Å². The monoisotopic (exact) mass is 349 g/mol. The lowest BCUT2D eigenvalue weighted by Crippen LogP contribution is -2.41. The van der Waals surface area contributed by atoms with Crippen LogP contribution in [0.5, 0.6) is 5.75 Å². The lowest BCUT2D eigenvalue weighted by atomic mass is 10.0. The number of amides is 1. The maximum absolute atomic E-state index is 11.5. The van der Waals surface area contributed by atoms with Crippen LogP contribution in [0.15, 0.2) is 18.2 Å². The molecule has 0 fully saturated rings. The van der Waals surface area contributed by atoms with E-state index in [1.165, 1.54) is 5.56 Å². The van der Waals surface area contributed by atoms with Crippen LogP contribution in [0.1, 0.15) is 45.6 Å². The number of unbranched alkanes of at least 4 members (excludes halogenated alkanes) is 1. The average Bonchev–Trinajstić information content (AvgIpc) is 2.49. The molecule has 0 saturated heterocycles. The van der Waals surface area contributed by atoms with Gasteiger partial charge in [0.2, 0.25) is 5.91 Å². The SMILES string of the molecule is CC(C)(C)[Si](C)(C)OCCCCOc1ccc2c(c1)NC(=O)CC2. The van der Waals surface area contributed by atoms with Gasteiger partial charge >= 0.3 is 0 Å². The number of benzene rings is 1. The van der Waals surface area contributed by atoms with E-state index in [1.54, 1.807) is 0 Å². The smallest absolute Gasteiger partial charge is 0.224 e. The Labute approximate surface area is 147 Å². The van der Waals surface area contributed by atoms with Crippen molar-refractivity contribution in [2.24, 2.45) is 0 Å². The summed E-state index contributed by atoms with van der Waals surface area (Å²) in [6.07, 6.45) is 3.36. The van der Waals surface area contributed by atoms with Crippen LogP contribution in [0.25, 0.3) is 0 Å². The highest BCUT2D eigenvalue weighted by molar-refractivity contribution is 6.74. The maximum atomic E-state index is 11.5. The number of aryl methyl sites for hydroxylation is 1. The summed E-state index contributed by atoms with van der Waals surface area (Å²) in [6.45, 7) is 12.8. The van der Waals surface area contributed by atoms with Crippen molar-refractivity contribution in [3.8, 4) is 5.75 Å². The fraction of sp³-hybridized carbons (Fsp3) is 0.632. The zero-order chi connectivity index (χ0) is 17.8. The molecule has 0 bridgehead atoms. The number of ether oxygens (including phenoxy) is 1. The van der Waals surface area contributed by atoms with Crippen molar-refractivity contribution < 1.29 is 14.0 Å². The third-order valence-electron chi connectivity index (χ3n) is 5.05. The lowest BCUT2D eigenvalue weighted by Gasteiger charge is -2.36. The highest BCUT2D eigenvalue weighted by Gasteiger charge is 2.36. The van der Waals surface area contributed by atoms with Gasteiger partial charge in [0.05, 0.1) is 6.61 Å². The van der Waals surface area contributed by atoms with Crippen LogP contribution in [-0.2, 0) is 15.6 Å². The Bertz CT molecular complexity index is 578. The number of carbonyl (C=O) groups is 1. The molecule has 24 heavy (non-hydrogen) atoms. The average molecular weight is 350 g/mol. The number of nitrogens with one attached hydrogen (secondary N) is 1. The van der Waals surface area contributed by atoms with Crippen LogP contribution in [0.4, 0.5) is 5.69 Å². The van der Waals surface area contributed by atoms with E-state index < -0.39 is 8.32 Å². The van der Waals surface area contributed by atoms with E-state index in [9.17, 15) is 4.79 Å². The molecule has 0 aromatic heterocycles. The molecule has 5 heteroatoms. The van der Waals surface area contributed by atoms with Crippen LogP contribution in [-0.4, -0.2) is 27.4 Å².